The van der Waals surface area contributed by atoms with Crippen molar-refractivity contribution in [1.29, 1.82) is 0 Å². The van der Waals surface area contributed by atoms with E-state index in [-0.39, 0.29) is 42.4 Å². The summed E-state index contributed by atoms with van der Waals surface area (Å²) in [6.45, 7) is 2.63. The SMILES string of the molecule is CCNC(=NCCC(F)(F)F)NCCNC(=O)c1cccnc1.I. The number of alkyl halides is 3. The molecule has 0 aliphatic carbocycles. The van der Waals surface area contributed by atoms with Gasteiger partial charge in [0, 0.05) is 32.0 Å². The molecule has 0 saturated carbocycles. The quantitative estimate of drug-likeness (QED) is 0.252. The number of aliphatic imine (C=N–C) groups is 1. The van der Waals surface area contributed by atoms with Gasteiger partial charge < -0.3 is 16.0 Å². The van der Waals surface area contributed by atoms with E-state index in [1.807, 2.05) is 6.92 Å². The Morgan fingerprint density at radius 1 is 1.25 bits per heavy atom. The van der Waals surface area contributed by atoms with E-state index in [9.17, 15) is 18.0 Å². The first-order valence-electron chi connectivity index (χ1n) is 7.19. The lowest BCUT2D eigenvalue weighted by Crippen LogP contribution is -2.41. The average Bonchev–Trinajstić information content (AvgIpc) is 2.51. The first kappa shape index (κ1) is 22.4. The number of aromatic nitrogens is 1. The predicted molar refractivity (Wildman–Crippen MR) is 96.6 cm³/mol. The Hall–Kier alpha value is -1.59. The van der Waals surface area contributed by atoms with E-state index < -0.39 is 12.6 Å². The molecule has 6 nitrogen and oxygen atoms in total. The number of pyridine rings is 1. The third kappa shape index (κ3) is 10.2. The molecule has 10 heteroatoms. The van der Waals surface area contributed by atoms with E-state index in [4.69, 9.17) is 0 Å². The van der Waals surface area contributed by atoms with Crippen molar-refractivity contribution < 1.29 is 18.0 Å². The maximum absolute atomic E-state index is 12.1. The molecule has 1 rings (SSSR count). The topological polar surface area (TPSA) is 78.4 Å². The van der Waals surface area contributed by atoms with E-state index >= 15 is 0 Å². The molecule has 1 aromatic heterocycles. The number of nitrogens with one attached hydrogen (secondary N) is 3. The Bertz CT molecular complexity index is 511. The van der Waals surface area contributed by atoms with E-state index in [0.717, 1.165) is 0 Å². The van der Waals surface area contributed by atoms with Crippen molar-refractivity contribution in [1.82, 2.24) is 20.9 Å². The number of carbonyl (C=O) groups is 1. The Balaban J connectivity index is 0.00000529. The fourth-order valence-electron chi connectivity index (χ4n) is 1.59. The van der Waals surface area contributed by atoms with Crippen LogP contribution in [0.2, 0.25) is 0 Å². The molecule has 1 heterocycles. The Morgan fingerprint density at radius 3 is 2.54 bits per heavy atom. The van der Waals surface area contributed by atoms with Crippen molar-refractivity contribution in [2.75, 3.05) is 26.2 Å². The molecule has 0 radical (unpaired) electrons. The zero-order valence-electron chi connectivity index (χ0n) is 13.2. The van der Waals surface area contributed by atoms with Gasteiger partial charge in [-0.15, -0.1) is 24.0 Å². The van der Waals surface area contributed by atoms with Gasteiger partial charge in [0.1, 0.15) is 0 Å². The van der Waals surface area contributed by atoms with Crippen molar-refractivity contribution in [3.8, 4) is 0 Å². The molecule has 0 saturated heterocycles. The number of guanidine groups is 1. The van der Waals surface area contributed by atoms with Crippen molar-refractivity contribution in [3.63, 3.8) is 0 Å². The monoisotopic (exact) mass is 459 g/mol. The molecule has 3 N–H and O–H groups in total. The van der Waals surface area contributed by atoms with Crippen LogP contribution >= 0.6 is 24.0 Å². The second-order valence-corrected chi connectivity index (χ2v) is 4.55. The summed E-state index contributed by atoms with van der Waals surface area (Å²) in [5.74, 6) is 0.0197. The van der Waals surface area contributed by atoms with Gasteiger partial charge in [-0.25, -0.2) is 0 Å². The zero-order valence-corrected chi connectivity index (χ0v) is 15.5. The molecule has 0 aliphatic rings. The minimum Gasteiger partial charge on any atom is -0.357 e. The summed E-state index contributed by atoms with van der Waals surface area (Å²) in [4.78, 5) is 19.4. The van der Waals surface area contributed by atoms with Crippen LogP contribution in [0.15, 0.2) is 29.5 Å². The van der Waals surface area contributed by atoms with E-state index in [0.29, 0.717) is 25.2 Å². The summed E-state index contributed by atoms with van der Waals surface area (Å²) >= 11 is 0. The van der Waals surface area contributed by atoms with Crippen LogP contribution < -0.4 is 16.0 Å². The second kappa shape index (κ2) is 11.9. The molecule has 0 aromatic carbocycles. The maximum atomic E-state index is 12.1. The van der Waals surface area contributed by atoms with Gasteiger partial charge in [-0.3, -0.25) is 14.8 Å². The van der Waals surface area contributed by atoms with Crippen LogP contribution in [0.5, 0.6) is 0 Å². The highest BCUT2D eigenvalue weighted by atomic mass is 127. The van der Waals surface area contributed by atoms with E-state index in [1.54, 1.807) is 18.3 Å². The highest BCUT2D eigenvalue weighted by molar-refractivity contribution is 14.0. The molecule has 136 valence electrons. The third-order valence-electron chi connectivity index (χ3n) is 2.64. The lowest BCUT2D eigenvalue weighted by atomic mass is 10.3. The van der Waals surface area contributed by atoms with Gasteiger partial charge in [0.05, 0.1) is 18.5 Å². The largest absolute Gasteiger partial charge is 0.390 e. The normalized spacial score (nSPS) is 11.4. The molecule has 1 amide bonds. The maximum Gasteiger partial charge on any atom is 0.390 e. The van der Waals surface area contributed by atoms with Gasteiger partial charge >= 0.3 is 6.18 Å². The van der Waals surface area contributed by atoms with Crippen molar-refractivity contribution in [2.45, 2.75) is 19.5 Å². The third-order valence-corrected chi connectivity index (χ3v) is 2.64. The van der Waals surface area contributed by atoms with Crippen molar-refractivity contribution in [2.24, 2.45) is 4.99 Å². The fraction of sp³-hybridized carbons (Fsp3) is 0.500. The first-order valence-corrected chi connectivity index (χ1v) is 7.19. The first-order chi connectivity index (χ1) is 10.9. The predicted octanol–water partition coefficient (Wildman–Crippen LogP) is 1.94. The number of nitrogens with zero attached hydrogens (tertiary/aromatic N) is 2. The molecular formula is C14H21F3IN5O. The summed E-state index contributed by atoms with van der Waals surface area (Å²) in [5, 5.41) is 8.37. The smallest absolute Gasteiger partial charge is 0.357 e. The Kier molecular flexibility index (Phi) is 11.1. The standard InChI is InChI=1S/C14H20F3N5O.HI/c1-2-19-13(21-7-5-14(15,16)17)22-9-8-20-12(23)11-4-3-6-18-10-11;/h3-4,6,10H,2,5,7-9H2,1H3,(H,20,23)(H2,19,21,22);1H. The van der Waals surface area contributed by atoms with Crippen LogP contribution in [0.3, 0.4) is 0 Å². The molecule has 0 aliphatic heterocycles. The Morgan fingerprint density at radius 2 is 1.96 bits per heavy atom. The van der Waals surface area contributed by atoms with Gasteiger partial charge in [0.25, 0.3) is 5.91 Å². The second-order valence-electron chi connectivity index (χ2n) is 4.55. The van der Waals surface area contributed by atoms with Gasteiger partial charge in [-0.05, 0) is 19.1 Å². The molecule has 0 bridgehead atoms. The van der Waals surface area contributed by atoms with Crippen LogP contribution in [-0.4, -0.2) is 49.2 Å². The van der Waals surface area contributed by atoms with E-state index in [1.165, 1.54) is 6.20 Å². The number of halogens is 4. The number of carbonyl (C=O) groups excluding carboxylic acids is 1. The molecule has 24 heavy (non-hydrogen) atoms. The summed E-state index contributed by atoms with van der Waals surface area (Å²) in [7, 11) is 0. The summed E-state index contributed by atoms with van der Waals surface area (Å²) in [6, 6.07) is 3.29. The number of hydrogen-bond donors (Lipinski definition) is 3. The Labute approximate surface area is 155 Å². The molecule has 0 atom stereocenters. The van der Waals surface area contributed by atoms with Crippen molar-refractivity contribution >= 4 is 35.8 Å². The van der Waals surface area contributed by atoms with Crippen LogP contribution in [-0.2, 0) is 0 Å². The molecule has 0 fully saturated rings. The van der Waals surface area contributed by atoms with Crippen LogP contribution in [0.25, 0.3) is 0 Å². The van der Waals surface area contributed by atoms with Crippen LogP contribution in [0.1, 0.15) is 23.7 Å². The highest BCUT2D eigenvalue weighted by Crippen LogP contribution is 2.18. The van der Waals surface area contributed by atoms with Crippen LogP contribution in [0.4, 0.5) is 13.2 Å². The van der Waals surface area contributed by atoms with Gasteiger partial charge in [-0.1, -0.05) is 0 Å². The lowest BCUT2D eigenvalue weighted by Gasteiger charge is -2.12. The fourth-order valence-corrected chi connectivity index (χ4v) is 1.59. The average molecular weight is 459 g/mol. The van der Waals surface area contributed by atoms with E-state index in [2.05, 4.69) is 25.9 Å². The molecule has 0 spiro atoms. The van der Waals surface area contributed by atoms with Gasteiger partial charge in [0.15, 0.2) is 5.96 Å². The van der Waals surface area contributed by atoms with Gasteiger partial charge in [0.2, 0.25) is 0 Å². The molecule has 0 unspecified atom stereocenters. The lowest BCUT2D eigenvalue weighted by molar-refractivity contribution is -0.132. The number of rotatable bonds is 7. The highest BCUT2D eigenvalue weighted by Gasteiger charge is 2.26. The summed E-state index contributed by atoms with van der Waals surface area (Å²) < 4.78 is 36.3. The summed E-state index contributed by atoms with van der Waals surface area (Å²) in [6.07, 6.45) is -2.18. The minimum atomic E-state index is -4.22. The van der Waals surface area contributed by atoms with Crippen molar-refractivity contribution in [3.05, 3.63) is 30.1 Å². The van der Waals surface area contributed by atoms with Gasteiger partial charge in [-0.2, -0.15) is 13.2 Å². The zero-order chi connectivity index (χ0) is 17.1. The molecular weight excluding hydrogens is 438 g/mol. The number of hydrogen-bond acceptors (Lipinski definition) is 3. The molecule has 1 aromatic rings. The number of amides is 1. The van der Waals surface area contributed by atoms with Crippen LogP contribution in [0, 0.1) is 0 Å². The summed E-state index contributed by atoms with van der Waals surface area (Å²) in [5.41, 5.74) is 0.443. The minimum absolute atomic E-state index is 0.